The molecule has 0 aliphatic carbocycles. The van der Waals surface area contributed by atoms with Gasteiger partial charge in [-0.3, -0.25) is 9.89 Å². The molecular weight excluding hydrogens is 520 g/mol. The summed E-state index contributed by atoms with van der Waals surface area (Å²) in [6.07, 6.45) is 9.89. The van der Waals surface area contributed by atoms with Gasteiger partial charge in [-0.25, -0.2) is 9.97 Å². The number of nitrogens with one attached hydrogen (secondary N) is 4. The first-order chi connectivity index (χ1) is 19.8. The number of aromatic amines is 1. The van der Waals surface area contributed by atoms with Crippen molar-refractivity contribution in [1.29, 1.82) is 0 Å². The number of aldehydes is 1. The number of likely N-dealkylation sites (N-methyl/N-ethyl adjacent to an activating group) is 2. The second-order valence-electron chi connectivity index (χ2n) is 9.86. The van der Waals surface area contributed by atoms with Gasteiger partial charge in [-0.05, 0) is 46.5 Å². The van der Waals surface area contributed by atoms with E-state index in [2.05, 4.69) is 59.9 Å². The van der Waals surface area contributed by atoms with E-state index in [1.165, 1.54) is 11.0 Å². The fraction of sp³-hybridized carbons (Fsp3) is 0.448. The van der Waals surface area contributed by atoms with Crippen molar-refractivity contribution in [2.24, 2.45) is 0 Å². The summed E-state index contributed by atoms with van der Waals surface area (Å²) in [5.74, 6) is 7.28. The zero-order valence-electron chi connectivity index (χ0n) is 24.5. The molecule has 0 saturated heterocycles. The minimum atomic E-state index is -0.532. The Bertz CT molecular complexity index is 1390. The summed E-state index contributed by atoms with van der Waals surface area (Å²) in [5, 5.41) is 17.8. The Balaban J connectivity index is 1.51. The molecule has 0 spiro atoms. The molecule has 3 heterocycles. The molecule has 12 nitrogen and oxygen atoms in total. The normalized spacial score (nSPS) is 11.9. The number of H-pyrrole nitrogens is 1. The van der Waals surface area contributed by atoms with Gasteiger partial charge in [0.05, 0.1) is 35.4 Å². The number of carbonyl (C=O) groups is 2. The lowest BCUT2D eigenvalue weighted by Crippen LogP contribution is -2.44. The molecule has 0 radical (unpaired) electrons. The molecule has 0 fully saturated rings. The van der Waals surface area contributed by atoms with Crippen molar-refractivity contribution in [3.8, 4) is 11.8 Å². The van der Waals surface area contributed by atoms with Crippen LogP contribution in [-0.4, -0.2) is 101 Å². The zero-order chi connectivity index (χ0) is 29.6. The first-order valence-electron chi connectivity index (χ1n) is 13.7. The quantitative estimate of drug-likeness (QED) is 0.0947. The summed E-state index contributed by atoms with van der Waals surface area (Å²) in [5.41, 5.74) is 3.09. The van der Waals surface area contributed by atoms with Crippen LogP contribution < -0.4 is 16.0 Å². The first-order valence-corrected chi connectivity index (χ1v) is 13.7. The van der Waals surface area contributed by atoms with Gasteiger partial charge in [0.1, 0.15) is 12.1 Å². The Labute approximate surface area is 241 Å². The molecule has 3 aromatic heterocycles. The Morgan fingerprint density at radius 2 is 2.02 bits per heavy atom. The maximum Gasteiger partial charge on any atom is 0.246 e. The predicted octanol–water partition coefficient (Wildman–Crippen LogP) is 2.49. The molecule has 0 aliphatic rings. The van der Waals surface area contributed by atoms with E-state index >= 15 is 0 Å². The third kappa shape index (κ3) is 9.66. The van der Waals surface area contributed by atoms with Crippen LogP contribution in [0.4, 0.5) is 17.5 Å². The van der Waals surface area contributed by atoms with E-state index in [4.69, 9.17) is 0 Å². The first kappa shape index (κ1) is 31.2. The molecule has 3 aromatic rings. The van der Waals surface area contributed by atoms with Crippen LogP contribution in [0.5, 0.6) is 0 Å². The maximum absolute atomic E-state index is 12.3. The number of nitrogens with zero attached hydrogens (tertiary/aromatic N) is 6. The number of hydrogen-bond acceptors (Lipinski definition) is 10. The average Bonchev–Trinajstić information content (AvgIpc) is 3.33. The monoisotopic (exact) mass is 560 g/mol. The van der Waals surface area contributed by atoms with Crippen LogP contribution in [0.25, 0.3) is 11.0 Å². The molecule has 3 rings (SSSR count). The van der Waals surface area contributed by atoms with Crippen LogP contribution in [0.3, 0.4) is 0 Å². The fourth-order valence-electron chi connectivity index (χ4n) is 3.77. The van der Waals surface area contributed by atoms with Gasteiger partial charge < -0.3 is 30.5 Å². The van der Waals surface area contributed by atoms with Crippen molar-refractivity contribution in [3.05, 3.63) is 41.9 Å². The number of amides is 1. The highest BCUT2D eigenvalue weighted by Gasteiger charge is 2.16. The number of aromatic nitrogens is 5. The van der Waals surface area contributed by atoms with Gasteiger partial charge in [0.2, 0.25) is 11.9 Å². The number of fused-ring (bicyclic) bond motifs is 1. The van der Waals surface area contributed by atoms with Crippen molar-refractivity contribution in [3.63, 3.8) is 0 Å². The minimum absolute atomic E-state index is 0.196. The van der Waals surface area contributed by atoms with E-state index in [9.17, 15) is 9.59 Å². The minimum Gasteiger partial charge on any atom is -0.369 e. The molecule has 1 amide bonds. The second kappa shape index (κ2) is 16.1. The van der Waals surface area contributed by atoms with E-state index in [1.807, 2.05) is 32.0 Å². The van der Waals surface area contributed by atoms with Crippen LogP contribution in [0.2, 0.25) is 0 Å². The molecule has 0 saturated carbocycles. The molecule has 0 aliphatic heterocycles. The third-order valence-corrected chi connectivity index (χ3v) is 6.16. The maximum atomic E-state index is 12.3. The van der Waals surface area contributed by atoms with Crippen LogP contribution in [0.15, 0.2) is 30.6 Å². The molecule has 12 heteroatoms. The van der Waals surface area contributed by atoms with E-state index < -0.39 is 6.04 Å². The average molecular weight is 561 g/mol. The Morgan fingerprint density at radius 3 is 2.78 bits per heavy atom. The number of hydrogen-bond donors (Lipinski definition) is 4. The molecule has 0 bridgehead atoms. The topological polar surface area (TPSA) is 144 Å². The number of rotatable bonds is 15. The number of aryl methyl sites for hydroxylation is 1. The summed E-state index contributed by atoms with van der Waals surface area (Å²) in [4.78, 5) is 40.7. The standard InChI is InChI=1S/C29H40N10O2/c1-6-13-31-27-22(17-33-29(35-27)34-23-16-25-21(2)36-37-28(25)32-18-23)11-8-7-9-14-30-19-24(20-40)39(5)26(41)12-10-15-38(3)4/h10,12,16-18,20,24,30H,6-7,9,13-15,19H2,1-5H3,(H,32,36,37)(H2,31,33,34,35)/t24-/m0/s1. The fourth-order valence-corrected chi connectivity index (χ4v) is 3.77. The molecule has 0 aromatic carbocycles. The smallest absolute Gasteiger partial charge is 0.246 e. The van der Waals surface area contributed by atoms with Crippen molar-refractivity contribution < 1.29 is 9.59 Å². The molecule has 218 valence electrons. The SMILES string of the molecule is CCCNc1nc(Nc2cnc3[nH]nc(C)c3c2)ncc1C#CCCCNC[C@@H](C=O)N(C)C(=O)C=CCN(C)C. The highest BCUT2D eigenvalue weighted by atomic mass is 16.2. The van der Waals surface area contributed by atoms with Crippen LogP contribution in [-0.2, 0) is 9.59 Å². The molecular formula is C29H40N10O2. The van der Waals surface area contributed by atoms with E-state index in [1.54, 1.807) is 25.5 Å². The van der Waals surface area contributed by atoms with Crippen molar-refractivity contribution >= 4 is 40.7 Å². The summed E-state index contributed by atoms with van der Waals surface area (Å²) in [6, 6.07) is 1.43. The number of anilines is 3. The molecule has 1 atom stereocenters. The molecule has 41 heavy (non-hydrogen) atoms. The van der Waals surface area contributed by atoms with Crippen molar-refractivity contribution in [1.82, 2.24) is 40.3 Å². The van der Waals surface area contributed by atoms with Crippen LogP contribution in [0, 0.1) is 18.8 Å². The van der Waals surface area contributed by atoms with Crippen LogP contribution in [0.1, 0.15) is 37.4 Å². The summed E-state index contributed by atoms with van der Waals surface area (Å²) < 4.78 is 0. The summed E-state index contributed by atoms with van der Waals surface area (Å²) >= 11 is 0. The van der Waals surface area contributed by atoms with Gasteiger partial charge in [-0.15, -0.1) is 0 Å². The van der Waals surface area contributed by atoms with Gasteiger partial charge in [0, 0.05) is 44.6 Å². The third-order valence-electron chi connectivity index (χ3n) is 6.16. The van der Waals surface area contributed by atoms with Gasteiger partial charge in [0.25, 0.3) is 0 Å². The lowest BCUT2D eigenvalue weighted by atomic mass is 10.2. The number of unbranched alkanes of at least 4 members (excludes halogenated alkanes) is 1. The predicted molar refractivity (Wildman–Crippen MR) is 162 cm³/mol. The van der Waals surface area contributed by atoms with E-state index in [0.29, 0.717) is 37.8 Å². The highest BCUT2D eigenvalue weighted by molar-refractivity contribution is 5.89. The van der Waals surface area contributed by atoms with Crippen molar-refractivity contribution in [2.75, 3.05) is 58.0 Å². The van der Waals surface area contributed by atoms with Gasteiger partial charge in [-0.1, -0.05) is 24.8 Å². The largest absolute Gasteiger partial charge is 0.369 e. The van der Waals surface area contributed by atoms with Gasteiger partial charge in [0.15, 0.2) is 5.65 Å². The van der Waals surface area contributed by atoms with E-state index in [0.717, 1.165) is 53.7 Å². The molecule has 4 N–H and O–H groups in total. The second-order valence-corrected chi connectivity index (χ2v) is 9.86. The lowest BCUT2D eigenvalue weighted by Gasteiger charge is -2.23. The van der Waals surface area contributed by atoms with Gasteiger partial charge in [-0.2, -0.15) is 10.1 Å². The zero-order valence-corrected chi connectivity index (χ0v) is 24.5. The number of pyridine rings is 1. The van der Waals surface area contributed by atoms with Crippen LogP contribution >= 0.6 is 0 Å². The Hall–Kier alpha value is -4.34. The summed E-state index contributed by atoms with van der Waals surface area (Å²) in [7, 11) is 5.49. The summed E-state index contributed by atoms with van der Waals surface area (Å²) in [6.45, 7) is 6.49. The lowest BCUT2D eigenvalue weighted by molar-refractivity contribution is -0.130. The van der Waals surface area contributed by atoms with Gasteiger partial charge >= 0.3 is 0 Å². The highest BCUT2D eigenvalue weighted by Crippen LogP contribution is 2.21. The van der Waals surface area contributed by atoms with Crippen molar-refractivity contribution in [2.45, 2.75) is 39.2 Å². The Kier molecular flexibility index (Phi) is 12.2. The Morgan fingerprint density at radius 1 is 1.20 bits per heavy atom. The molecule has 0 unspecified atom stereocenters. The number of carbonyl (C=O) groups excluding carboxylic acids is 2. The van der Waals surface area contributed by atoms with E-state index in [-0.39, 0.29) is 5.91 Å².